The molecule has 0 unspecified atom stereocenters. The maximum atomic E-state index is 12.7. The molecule has 1 aromatic heterocycles. The van der Waals surface area contributed by atoms with E-state index in [0.717, 1.165) is 0 Å². The molecule has 0 fully saturated rings. The van der Waals surface area contributed by atoms with Gasteiger partial charge in [0.05, 0.1) is 0 Å². The SMILES string of the molecule is O=C(C[n+]1ccccc1Cl)c1ccc(F)cc1.[Br-]. The quantitative estimate of drug-likeness (QED) is 0.428. The second kappa shape index (κ2) is 6.61. The zero-order valence-corrected chi connectivity index (χ0v) is 11.7. The normalized spacial score (nSPS) is 9.67. The fraction of sp³-hybridized carbons (Fsp3) is 0.0769. The van der Waals surface area contributed by atoms with Gasteiger partial charge in [-0.3, -0.25) is 4.79 Å². The van der Waals surface area contributed by atoms with Gasteiger partial charge in [-0.15, -0.1) is 0 Å². The Bertz CT molecular complexity index is 545. The van der Waals surface area contributed by atoms with Crippen molar-refractivity contribution >= 4 is 17.4 Å². The monoisotopic (exact) mass is 329 g/mol. The van der Waals surface area contributed by atoms with Gasteiger partial charge in [-0.1, -0.05) is 0 Å². The van der Waals surface area contributed by atoms with Gasteiger partial charge in [0, 0.05) is 17.7 Å². The van der Waals surface area contributed by atoms with Crippen LogP contribution in [-0.4, -0.2) is 5.78 Å². The van der Waals surface area contributed by atoms with E-state index < -0.39 is 0 Å². The van der Waals surface area contributed by atoms with Crippen molar-refractivity contribution in [2.24, 2.45) is 0 Å². The molecule has 5 heteroatoms. The van der Waals surface area contributed by atoms with Crippen LogP contribution in [0.15, 0.2) is 48.7 Å². The zero-order chi connectivity index (χ0) is 12.3. The van der Waals surface area contributed by atoms with Crippen LogP contribution in [0.1, 0.15) is 10.4 Å². The standard InChI is InChI=1S/C13H10ClFNO.BrH/c14-13-3-1-2-8-16(13)9-12(17)10-4-6-11(15)7-5-10;/h1-8H,9H2;1H/q+1;/p-1. The molecular formula is C13H10BrClFNO. The summed E-state index contributed by atoms with van der Waals surface area (Å²) in [6.07, 6.45) is 1.73. The summed E-state index contributed by atoms with van der Waals surface area (Å²) in [5, 5.41) is 0.489. The molecule has 0 aliphatic rings. The number of hydrogen-bond donors (Lipinski definition) is 0. The molecule has 1 heterocycles. The van der Waals surface area contributed by atoms with Gasteiger partial charge in [0.15, 0.2) is 6.20 Å². The Hall–Kier alpha value is -1.26. The summed E-state index contributed by atoms with van der Waals surface area (Å²) in [5.74, 6) is -0.463. The number of rotatable bonds is 3. The second-order valence-electron chi connectivity index (χ2n) is 3.58. The smallest absolute Gasteiger partial charge is 0.275 e. The van der Waals surface area contributed by atoms with E-state index in [4.69, 9.17) is 11.6 Å². The predicted molar refractivity (Wildman–Crippen MR) is 62.4 cm³/mol. The lowest BCUT2D eigenvalue weighted by Gasteiger charge is -1.99. The van der Waals surface area contributed by atoms with E-state index >= 15 is 0 Å². The maximum Gasteiger partial charge on any atom is 0.275 e. The van der Waals surface area contributed by atoms with E-state index in [1.807, 2.05) is 0 Å². The van der Waals surface area contributed by atoms with Gasteiger partial charge >= 0.3 is 0 Å². The first-order valence-corrected chi connectivity index (χ1v) is 5.47. The lowest BCUT2D eigenvalue weighted by atomic mass is 10.1. The van der Waals surface area contributed by atoms with Gasteiger partial charge in [0.25, 0.3) is 5.15 Å². The van der Waals surface area contributed by atoms with E-state index in [0.29, 0.717) is 10.7 Å². The average molecular weight is 331 g/mol. The number of Topliss-reactive ketones (excluding diaryl/α,β-unsaturated/α-hetero) is 1. The summed E-state index contributed by atoms with van der Waals surface area (Å²) in [6.45, 7) is 0.144. The van der Waals surface area contributed by atoms with Gasteiger partial charge in [0.1, 0.15) is 5.82 Å². The Kier molecular flexibility index (Phi) is 5.44. The molecule has 0 atom stereocenters. The van der Waals surface area contributed by atoms with Gasteiger partial charge in [0.2, 0.25) is 12.3 Å². The molecule has 0 aliphatic heterocycles. The van der Waals surface area contributed by atoms with Crippen LogP contribution in [0.4, 0.5) is 4.39 Å². The molecule has 0 spiro atoms. The highest BCUT2D eigenvalue weighted by atomic mass is 79.9. The van der Waals surface area contributed by atoms with E-state index in [1.165, 1.54) is 24.3 Å². The summed E-state index contributed by atoms with van der Waals surface area (Å²) < 4.78 is 14.3. The number of carbonyl (C=O) groups is 1. The minimum Gasteiger partial charge on any atom is -1.00 e. The summed E-state index contributed by atoms with van der Waals surface area (Å²) in [7, 11) is 0. The van der Waals surface area contributed by atoms with Crippen LogP contribution in [0.5, 0.6) is 0 Å². The summed E-state index contributed by atoms with van der Waals surface area (Å²) in [6, 6.07) is 10.8. The van der Waals surface area contributed by atoms with Crippen molar-refractivity contribution in [1.82, 2.24) is 0 Å². The Morgan fingerprint density at radius 3 is 2.44 bits per heavy atom. The highest BCUT2D eigenvalue weighted by Crippen LogP contribution is 2.05. The lowest BCUT2D eigenvalue weighted by molar-refractivity contribution is -0.681. The highest BCUT2D eigenvalue weighted by molar-refractivity contribution is 6.28. The van der Waals surface area contributed by atoms with Crippen molar-refractivity contribution in [2.75, 3.05) is 0 Å². The molecule has 0 saturated carbocycles. The van der Waals surface area contributed by atoms with Crippen LogP contribution in [-0.2, 0) is 6.54 Å². The molecule has 18 heavy (non-hydrogen) atoms. The molecule has 2 aromatic rings. The Morgan fingerprint density at radius 1 is 1.17 bits per heavy atom. The fourth-order valence-corrected chi connectivity index (χ4v) is 1.65. The summed E-state index contributed by atoms with van der Waals surface area (Å²) >= 11 is 5.93. The number of hydrogen-bond acceptors (Lipinski definition) is 1. The molecule has 0 radical (unpaired) electrons. The first-order valence-electron chi connectivity index (χ1n) is 5.09. The molecule has 94 valence electrons. The third kappa shape index (κ3) is 3.62. The molecule has 0 saturated heterocycles. The average Bonchev–Trinajstić information content (AvgIpc) is 2.33. The van der Waals surface area contributed by atoms with Crippen LogP contribution in [0, 0.1) is 5.82 Å². The van der Waals surface area contributed by atoms with Gasteiger partial charge in [-0.25, -0.2) is 4.39 Å². The van der Waals surface area contributed by atoms with Crippen molar-refractivity contribution in [2.45, 2.75) is 6.54 Å². The highest BCUT2D eigenvalue weighted by Gasteiger charge is 2.14. The third-order valence-electron chi connectivity index (χ3n) is 2.37. The number of pyridine rings is 1. The Morgan fingerprint density at radius 2 is 1.83 bits per heavy atom. The number of benzene rings is 1. The minimum atomic E-state index is -0.355. The van der Waals surface area contributed by atoms with Crippen molar-refractivity contribution in [3.63, 3.8) is 0 Å². The first-order chi connectivity index (χ1) is 8.16. The number of halogens is 3. The van der Waals surface area contributed by atoms with Crippen LogP contribution in [0.2, 0.25) is 5.15 Å². The van der Waals surface area contributed by atoms with E-state index in [1.54, 1.807) is 29.0 Å². The molecule has 2 rings (SSSR count). The van der Waals surface area contributed by atoms with E-state index in [9.17, 15) is 9.18 Å². The number of carbonyl (C=O) groups excluding carboxylic acids is 1. The van der Waals surface area contributed by atoms with Gasteiger partial charge in [-0.05, 0) is 41.9 Å². The number of ketones is 1. The van der Waals surface area contributed by atoms with Crippen molar-refractivity contribution < 1.29 is 30.7 Å². The van der Waals surface area contributed by atoms with Crippen molar-refractivity contribution in [3.8, 4) is 0 Å². The van der Waals surface area contributed by atoms with E-state index in [-0.39, 0.29) is 35.1 Å². The summed E-state index contributed by atoms with van der Waals surface area (Å²) in [5.41, 5.74) is 0.471. The largest absolute Gasteiger partial charge is 1.00 e. The van der Waals surface area contributed by atoms with Gasteiger partial charge in [-0.2, -0.15) is 4.57 Å². The predicted octanol–water partition coefficient (Wildman–Crippen LogP) is -0.347. The Balaban J connectivity index is 0.00000162. The molecule has 0 aliphatic carbocycles. The molecule has 0 N–H and O–H groups in total. The number of aromatic nitrogens is 1. The van der Waals surface area contributed by atoms with Gasteiger partial charge < -0.3 is 17.0 Å². The van der Waals surface area contributed by atoms with Crippen molar-refractivity contribution in [3.05, 3.63) is 65.2 Å². The second-order valence-corrected chi connectivity index (χ2v) is 3.97. The zero-order valence-electron chi connectivity index (χ0n) is 9.32. The first kappa shape index (κ1) is 14.8. The van der Waals surface area contributed by atoms with Crippen LogP contribution >= 0.6 is 11.6 Å². The topological polar surface area (TPSA) is 20.9 Å². The Labute approximate surface area is 120 Å². The minimum absolute atomic E-state index is 0. The number of nitrogens with zero attached hydrogens (tertiary/aromatic N) is 1. The molecule has 2 nitrogen and oxygen atoms in total. The third-order valence-corrected chi connectivity index (χ3v) is 2.71. The van der Waals surface area contributed by atoms with Crippen LogP contribution in [0.25, 0.3) is 0 Å². The molecule has 1 aromatic carbocycles. The molecular weight excluding hydrogens is 321 g/mol. The van der Waals surface area contributed by atoms with Crippen molar-refractivity contribution in [1.29, 1.82) is 0 Å². The lowest BCUT2D eigenvalue weighted by Crippen LogP contribution is -3.00. The fourth-order valence-electron chi connectivity index (χ4n) is 1.47. The molecule has 0 bridgehead atoms. The van der Waals surface area contributed by atoms with Crippen LogP contribution < -0.4 is 21.5 Å². The summed E-state index contributed by atoms with van der Waals surface area (Å²) in [4.78, 5) is 11.9. The van der Waals surface area contributed by atoms with Crippen LogP contribution in [0.3, 0.4) is 0 Å². The maximum absolute atomic E-state index is 12.7. The molecule has 0 amide bonds. The van der Waals surface area contributed by atoms with E-state index in [2.05, 4.69) is 0 Å².